The molecule has 0 bridgehead atoms. The molecular formula is C13H22N2O. The van der Waals surface area contributed by atoms with Crippen molar-refractivity contribution in [2.24, 2.45) is 0 Å². The minimum absolute atomic E-state index is 0.784. The Morgan fingerprint density at radius 1 is 1.19 bits per heavy atom. The second-order valence-electron chi connectivity index (χ2n) is 3.93. The van der Waals surface area contributed by atoms with Gasteiger partial charge in [-0.25, -0.2) is 0 Å². The molecule has 0 atom stereocenters. The van der Waals surface area contributed by atoms with Crippen LogP contribution in [0, 0.1) is 0 Å². The van der Waals surface area contributed by atoms with Gasteiger partial charge in [-0.2, -0.15) is 0 Å². The van der Waals surface area contributed by atoms with Gasteiger partial charge >= 0.3 is 0 Å². The summed E-state index contributed by atoms with van der Waals surface area (Å²) >= 11 is 0. The Balaban J connectivity index is 2.27. The van der Waals surface area contributed by atoms with E-state index in [1.807, 2.05) is 6.92 Å². The molecule has 3 nitrogen and oxygen atoms in total. The molecule has 1 aromatic rings. The molecule has 0 aromatic heterocycles. The van der Waals surface area contributed by atoms with Crippen molar-refractivity contribution in [3.8, 4) is 0 Å². The fraction of sp³-hybridized carbons (Fsp3) is 0.538. The fourth-order valence-electron chi connectivity index (χ4n) is 1.43. The Labute approximate surface area is 98.4 Å². The van der Waals surface area contributed by atoms with E-state index >= 15 is 0 Å². The highest BCUT2D eigenvalue weighted by Gasteiger charge is 1.95. The van der Waals surface area contributed by atoms with Crippen molar-refractivity contribution in [2.75, 3.05) is 38.8 Å². The molecule has 0 saturated carbocycles. The number of nitrogens with one attached hydrogen (secondary N) is 1. The summed E-state index contributed by atoms with van der Waals surface area (Å²) in [7, 11) is 4.10. The van der Waals surface area contributed by atoms with E-state index < -0.39 is 0 Å². The van der Waals surface area contributed by atoms with Crippen molar-refractivity contribution in [3.63, 3.8) is 0 Å². The van der Waals surface area contributed by atoms with E-state index in [1.165, 1.54) is 11.3 Å². The van der Waals surface area contributed by atoms with Crippen molar-refractivity contribution in [1.29, 1.82) is 0 Å². The van der Waals surface area contributed by atoms with Gasteiger partial charge in [0, 0.05) is 39.5 Å². The molecule has 1 N–H and O–H groups in total. The SMILES string of the molecule is CCOCCNCc1ccc(N(C)C)cc1. The molecule has 0 saturated heterocycles. The maximum atomic E-state index is 5.25. The average Bonchev–Trinajstić information content (AvgIpc) is 2.29. The highest BCUT2D eigenvalue weighted by molar-refractivity contribution is 5.45. The van der Waals surface area contributed by atoms with Crippen LogP contribution in [0.5, 0.6) is 0 Å². The molecule has 0 heterocycles. The number of hydrogen-bond donors (Lipinski definition) is 1. The van der Waals surface area contributed by atoms with Crippen LogP contribution in [0.15, 0.2) is 24.3 Å². The monoisotopic (exact) mass is 222 g/mol. The molecule has 16 heavy (non-hydrogen) atoms. The molecule has 0 aliphatic carbocycles. The van der Waals surface area contributed by atoms with Crippen LogP contribution in [0.3, 0.4) is 0 Å². The quantitative estimate of drug-likeness (QED) is 0.713. The number of rotatable bonds is 7. The van der Waals surface area contributed by atoms with Gasteiger partial charge in [0.05, 0.1) is 6.61 Å². The van der Waals surface area contributed by atoms with Crippen LogP contribution in [0.25, 0.3) is 0 Å². The molecule has 3 heteroatoms. The Morgan fingerprint density at radius 2 is 1.88 bits per heavy atom. The van der Waals surface area contributed by atoms with E-state index in [9.17, 15) is 0 Å². The third-order valence-corrected chi connectivity index (χ3v) is 2.41. The Morgan fingerprint density at radius 3 is 2.44 bits per heavy atom. The third-order valence-electron chi connectivity index (χ3n) is 2.41. The summed E-state index contributed by atoms with van der Waals surface area (Å²) in [4.78, 5) is 2.10. The molecule has 0 aliphatic heterocycles. The number of anilines is 1. The predicted octanol–water partition coefficient (Wildman–Crippen LogP) is 1.88. The van der Waals surface area contributed by atoms with Gasteiger partial charge in [0.15, 0.2) is 0 Å². The molecule has 0 aliphatic rings. The second kappa shape index (κ2) is 7.25. The summed E-state index contributed by atoms with van der Waals surface area (Å²) in [6.07, 6.45) is 0. The summed E-state index contributed by atoms with van der Waals surface area (Å²) in [5.41, 5.74) is 2.54. The summed E-state index contributed by atoms with van der Waals surface area (Å²) in [5.74, 6) is 0. The maximum absolute atomic E-state index is 5.25. The normalized spacial score (nSPS) is 10.4. The number of ether oxygens (including phenoxy) is 1. The van der Waals surface area contributed by atoms with Crippen molar-refractivity contribution in [2.45, 2.75) is 13.5 Å². The first-order chi connectivity index (χ1) is 7.74. The fourth-order valence-corrected chi connectivity index (χ4v) is 1.43. The van der Waals surface area contributed by atoms with Gasteiger partial charge < -0.3 is 15.0 Å². The zero-order chi connectivity index (χ0) is 11.8. The third kappa shape index (κ3) is 4.64. The summed E-state index contributed by atoms with van der Waals surface area (Å²) < 4.78 is 5.25. The van der Waals surface area contributed by atoms with Crippen LogP contribution in [0.4, 0.5) is 5.69 Å². The number of benzene rings is 1. The van der Waals surface area contributed by atoms with Gasteiger partial charge in [-0.1, -0.05) is 12.1 Å². The summed E-state index contributed by atoms with van der Waals surface area (Å²) in [5, 5.41) is 3.35. The zero-order valence-corrected chi connectivity index (χ0v) is 10.5. The van der Waals surface area contributed by atoms with Crippen LogP contribution < -0.4 is 10.2 Å². The van der Waals surface area contributed by atoms with Crippen LogP contribution in [-0.4, -0.2) is 33.9 Å². The van der Waals surface area contributed by atoms with Crippen LogP contribution in [-0.2, 0) is 11.3 Å². The lowest BCUT2D eigenvalue weighted by Gasteiger charge is -2.12. The standard InChI is InChI=1S/C13H22N2O/c1-4-16-10-9-14-11-12-5-7-13(8-6-12)15(2)3/h5-8,14H,4,9-11H2,1-3H3. The van der Waals surface area contributed by atoms with Crippen LogP contribution in [0.2, 0.25) is 0 Å². The summed E-state index contributed by atoms with van der Waals surface area (Å²) in [6, 6.07) is 8.59. The van der Waals surface area contributed by atoms with Gasteiger partial charge in [-0.3, -0.25) is 0 Å². The molecule has 1 aromatic carbocycles. The first-order valence-electron chi connectivity index (χ1n) is 5.78. The van der Waals surface area contributed by atoms with Crippen LogP contribution in [0.1, 0.15) is 12.5 Å². The lowest BCUT2D eigenvalue weighted by atomic mass is 10.2. The van der Waals surface area contributed by atoms with Crippen molar-refractivity contribution < 1.29 is 4.74 Å². The van der Waals surface area contributed by atoms with E-state index in [1.54, 1.807) is 0 Å². The second-order valence-corrected chi connectivity index (χ2v) is 3.93. The van der Waals surface area contributed by atoms with E-state index in [4.69, 9.17) is 4.74 Å². The maximum Gasteiger partial charge on any atom is 0.0590 e. The molecule has 90 valence electrons. The smallest absolute Gasteiger partial charge is 0.0590 e. The summed E-state index contributed by atoms with van der Waals surface area (Å²) in [6.45, 7) is 5.40. The number of nitrogens with zero attached hydrogens (tertiary/aromatic N) is 1. The predicted molar refractivity (Wildman–Crippen MR) is 69.0 cm³/mol. The lowest BCUT2D eigenvalue weighted by molar-refractivity contribution is 0.149. The van der Waals surface area contributed by atoms with E-state index in [2.05, 4.69) is 48.6 Å². The molecule has 0 spiro atoms. The van der Waals surface area contributed by atoms with Crippen molar-refractivity contribution >= 4 is 5.69 Å². The highest BCUT2D eigenvalue weighted by atomic mass is 16.5. The average molecular weight is 222 g/mol. The molecule has 0 fully saturated rings. The first kappa shape index (κ1) is 13.0. The lowest BCUT2D eigenvalue weighted by Crippen LogP contribution is -2.19. The van der Waals surface area contributed by atoms with Crippen molar-refractivity contribution in [1.82, 2.24) is 5.32 Å². The largest absolute Gasteiger partial charge is 0.380 e. The Bertz CT molecular complexity index is 282. The molecule has 0 radical (unpaired) electrons. The topological polar surface area (TPSA) is 24.5 Å². The van der Waals surface area contributed by atoms with Crippen LogP contribution >= 0.6 is 0 Å². The minimum Gasteiger partial charge on any atom is -0.380 e. The Kier molecular flexibility index (Phi) is 5.90. The van der Waals surface area contributed by atoms with E-state index in [-0.39, 0.29) is 0 Å². The molecule has 0 unspecified atom stereocenters. The zero-order valence-electron chi connectivity index (χ0n) is 10.5. The Hall–Kier alpha value is -1.06. The molecule has 1 rings (SSSR count). The minimum atomic E-state index is 0.784. The highest BCUT2D eigenvalue weighted by Crippen LogP contribution is 2.11. The van der Waals surface area contributed by atoms with Gasteiger partial charge in [0.1, 0.15) is 0 Å². The van der Waals surface area contributed by atoms with Gasteiger partial charge in [-0.05, 0) is 24.6 Å². The van der Waals surface area contributed by atoms with Gasteiger partial charge in [-0.15, -0.1) is 0 Å². The number of hydrogen-bond acceptors (Lipinski definition) is 3. The van der Waals surface area contributed by atoms with E-state index in [0.29, 0.717) is 0 Å². The van der Waals surface area contributed by atoms with E-state index in [0.717, 1.165) is 26.3 Å². The molecule has 0 amide bonds. The first-order valence-corrected chi connectivity index (χ1v) is 5.78. The molecular weight excluding hydrogens is 200 g/mol. The van der Waals surface area contributed by atoms with Crippen molar-refractivity contribution in [3.05, 3.63) is 29.8 Å². The van der Waals surface area contributed by atoms with Gasteiger partial charge in [0.25, 0.3) is 0 Å². The van der Waals surface area contributed by atoms with Gasteiger partial charge in [0.2, 0.25) is 0 Å².